The number of esters is 2. The van der Waals surface area contributed by atoms with Crippen molar-refractivity contribution in [1.29, 1.82) is 0 Å². The lowest BCUT2D eigenvalue weighted by Gasteiger charge is -2.29. The Bertz CT molecular complexity index is 507. The predicted molar refractivity (Wildman–Crippen MR) is 75.2 cm³/mol. The van der Waals surface area contributed by atoms with Crippen LogP contribution in [0.3, 0.4) is 0 Å². The van der Waals surface area contributed by atoms with Gasteiger partial charge in [0.15, 0.2) is 0 Å². The lowest BCUT2D eigenvalue weighted by Crippen LogP contribution is -2.54. The number of methoxy groups -OCH3 is 1. The fourth-order valence-electron chi connectivity index (χ4n) is 1.55. The third-order valence-electron chi connectivity index (χ3n) is 2.53. The van der Waals surface area contributed by atoms with E-state index in [2.05, 4.69) is 4.74 Å². The van der Waals surface area contributed by atoms with Crippen LogP contribution in [0.2, 0.25) is 5.02 Å². The molecule has 1 aromatic carbocycles. The number of halogens is 1. The Labute approximate surface area is 123 Å². The van der Waals surface area contributed by atoms with E-state index in [1.54, 1.807) is 20.8 Å². The zero-order valence-corrected chi connectivity index (χ0v) is 12.7. The monoisotopic (exact) mass is 299 g/mol. The summed E-state index contributed by atoms with van der Waals surface area (Å²) in [5.41, 5.74) is 3.44. The maximum absolute atomic E-state index is 12.3. The Morgan fingerprint density at radius 1 is 1.10 bits per heavy atom. The van der Waals surface area contributed by atoms with E-state index in [1.165, 1.54) is 24.3 Å². The molecule has 0 saturated heterocycles. The van der Waals surface area contributed by atoms with Crippen molar-refractivity contribution in [2.45, 2.75) is 31.9 Å². The second-order valence-corrected chi connectivity index (χ2v) is 5.74. The van der Waals surface area contributed by atoms with Gasteiger partial charge < -0.3 is 15.2 Å². The quantitative estimate of drug-likeness (QED) is 0.682. The van der Waals surface area contributed by atoms with Gasteiger partial charge in [-0.2, -0.15) is 0 Å². The summed E-state index contributed by atoms with van der Waals surface area (Å²) >= 11 is 5.79. The molecular weight excluding hydrogens is 282 g/mol. The Balaban J connectivity index is 3.26. The molecule has 0 unspecified atom stereocenters. The highest BCUT2D eigenvalue weighted by molar-refractivity contribution is 6.30. The fraction of sp³-hybridized carbons (Fsp3) is 0.429. The van der Waals surface area contributed by atoms with Crippen LogP contribution in [-0.2, 0) is 24.6 Å². The molecule has 20 heavy (non-hydrogen) atoms. The average molecular weight is 300 g/mol. The first-order valence-electron chi connectivity index (χ1n) is 5.98. The summed E-state index contributed by atoms with van der Waals surface area (Å²) in [7, 11) is 1.16. The topological polar surface area (TPSA) is 78.6 Å². The summed E-state index contributed by atoms with van der Waals surface area (Å²) in [5.74, 6) is -1.77. The van der Waals surface area contributed by atoms with E-state index in [-0.39, 0.29) is 5.56 Å². The molecule has 0 amide bonds. The van der Waals surface area contributed by atoms with Gasteiger partial charge in [-0.15, -0.1) is 0 Å². The largest absolute Gasteiger partial charge is 0.467 e. The van der Waals surface area contributed by atoms with Crippen molar-refractivity contribution in [1.82, 2.24) is 0 Å². The minimum atomic E-state index is -2.02. The number of carbonyl (C=O) groups excluding carboxylic acids is 2. The van der Waals surface area contributed by atoms with Gasteiger partial charge in [0, 0.05) is 5.02 Å². The van der Waals surface area contributed by atoms with E-state index < -0.39 is 23.1 Å². The van der Waals surface area contributed by atoms with E-state index in [1.807, 2.05) is 0 Å². The van der Waals surface area contributed by atoms with Crippen LogP contribution in [0.4, 0.5) is 0 Å². The summed E-state index contributed by atoms with van der Waals surface area (Å²) in [6, 6.07) is 6.05. The van der Waals surface area contributed by atoms with Crippen LogP contribution in [0.15, 0.2) is 24.3 Å². The minimum absolute atomic E-state index is 0.253. The number of nitrogens with two attached hydrogens (primary N) is 1. The SMILES string of the molecule is COC(=O)[C@](N)(C(=O)OC(C)(C)C)c1ccc(Cl)cc1. The zero-order valence-electron chi connectivity index (χ0n) is 11.9. The molecule has 1 atom stereocenters. The smallest absolute Gasteiger partial charge is 0.343 e. The molecule has 0 aliphatic rings. The van der Waals surface area contributed by atoms with Crippen molar-refractivity contribution >= 4 is 23.5 Å². The number of ether oxygens (including phenoxy) is 2. The summed E-state index contributed by atoms with van der Waals surface area (Å²) in [4.78, 5) is 24.3. The van der Waals surface area contributed by atoms with Crippen LogP contribution in [0, 0.1) is 0 Å². The minimum Gasteiger partial charge on any atom is -0.467 e. The van der Waals surface area contributed by atoms with E-state index in [0.29, 0.717) is 5.02 Å². The highest BCUT2D eigenvalue weighted by Gasteiger charge is 2.48. The first kappa shape index (κ1) is 16.5. The normalized spacial score (nSPS) is 14.3. The first-order valence-corrected chi connectivity index (χ1v) is 6.36. The molecule has 0 heterocycles. The Morgan fingerprint density at radius 2 is 1.60 bits per heavy atom. The van der Waals surface area contributed by atoms with Gasteiger partial charge in [0.1, 0.15) is 5.60 Å². The number of carbonyl (C=O) groups is 2. The van der Waals surface area contributed by atoms with Gasteiger partial charge >= 0.3 is 11.9 Å². The molecule has 1 aromatic rings. The molecule has 0 spiro atoms. The molecule has 0 aliphatic heterocycles. The van der Waals surface area contributed by atoms with Crippen molar-refractivity contribution in [3.05, 3.63) is 34.9 Å². The molecule has 0 aromatic heterocycles. The van der Waals surface area contributed by atoms with Gasteiger partial charge in [-0.05, 0) is 38.5 Å². The van der Waals surface area contributed by atoms with E-state index in [0.717, 1.165) is 7.11 Å². The second kappa shape index (κ2) is 5.81. The second-order valence-electron chi connectivity index (χ2n) is 5.31. The van der Waals surface area contributed by atoms with Crippen molar-refractivity contribution in [2.24, 2.45) is 5.73 Å². The molecule has 0 fully saturated rings. The molecule has 0 bridgehead atoms. The lowest BCUT2D eigenvalue weighted by atomic mass is 9.91. The van der Waals surface area contributed by atoms with E-state index in [4.69, 9.17) is 22.1 Å². The molecule has 6 heteroatoms. The summed E-state index contributed by atoms with van der Waals surface area (Å²) in [6.07, 6.45) is 0. The standard InChI is InChI=1S/C14H18ClNO4/c1-13(2,3)20-12(18)14(16,11(17)19-4)9-5-7-10(15)8-6-9/h5-8H,16H2,1-4H3/t14-/m0/s1. The van der Waals surface area contributed by atoms with Crippen molar-refractivity contribution in [2.75, 3.05) is 7.11 Å². The third-order valence-corrected chi connectivity index (χ3v) is 2.78. The summed E-state index contributed by atoms with van der Waals surface area (Å²) < 4.78 is 9.85. The molecule has 0 aliphatic carbocycles. The average Bonchev–Trinajstić information content (AvgIpc) is 2.35. The molecule has 2 N–H and O–H groups in total. The molecule has 0 saturated carbocycles. The van der Waals surface area contributed by atoms with Crippen LogP contribution in [-0.4, -0.2) is 24.6 Å². The Morgan fingerprint density at radius 3 is 2.00 bits per heavy atom. The Kier molecular flexibility index (Phi) is 4.78. The Hall–Kier alpha value is -1.59. The van der Waals surface area contributed by atoms with Crippen LogP contribution in [0.5, 0.6) is 0 Å². The van der Waals surface area contributed by atoms with E-state index in [9.17, 15) is 9.59 Å². The number of rotatable bonds is 3. The number of hydrogen-bond acceptors (Lipinski definition) is 5. The maximum atomic E-state index is 12.3. The van der Waals surface area contributed by atoms with Gasteiger partial charge in [0.2, 0.25) is 5.54 Å². The fourth-order valence-corrected chi connectivity index (χ4v) is 1.68. The zero-order chi connectivity index (χ0) is 15.6. The molecular formula is C14H18ClNO4. The lowest BCUT2D eigenvalue weighted by molar-refractivity contribution is -0.171. The molecule has 110 valence electrons. The number of hydrogen-bond donors (Lipinski definition) is 1. The third kappa shape index (κ3) is 3.49. The molecule has 1 rings (SSSR count). The number of benzene rings is 1. The highest BCUT2D eigenvalue weighted by Crippen LogP contribution is 2.25. The van der Waals surface area contributed by atoms with E-state index >= 15 is 0 Å². The summed E-state index contributed by atoms with van der Waals surface area (Å²) in [6.45, 7) is 5.05. The van der Waals surface area contributed by atoms with Gasteiger partial charge in [-0.3, -0.25) is 0 Å². The summed E-state index contributed by atoms with van der Waals surface area (Å²) in [5, 5.41) is 0.463. The van der Waals surface area contributed by atoms with Crippen molar-refractivity contribution < 1.29 is 19.1 Å². The van der Waals surface area contributed by atoms with Crippen molar-refractivity contribution in [3.8, 4) is 0 Å². The molecule has 5 nitrogen and oxygen atoms in total. The van der Waals surface area contributed by atoms with Crippen molar-refractivity contribution in [3.63, 3.8) is 0 Å². The van der Waals surface area contributed by atoms with Gasteiger partial charge in [0.25, 0.3) is 0 Å². The van der Waals surface area contributed by atoms with Crippen LogP contribution >= 0.6 is 11.6 Å². The van der Waals surface area contributed by atoms with Gasteiger partial charge in [0.05, 0.1) is 7.11 Å². The van der Waals surface area contributed by atoms with Crippen LogP contribution in [0.1, 0.15) is 26.3 Å². The van der Waals surface area contributed by atoms with Crippen LogP contribution in [0.25, 0.3) is 0 Å². The van der Waals surface area contributed by atoms with Gasteiger partial charge in [-0.1, -0.05) is 23.7 Å². The first-order chi connectivity index (χ1) is 9.11. The van der Waals surface area contributed by atoms with Gasteiger partial charge in [-0.25, -0.2) is 9.59 Å². The maximum Gasteiger partial charge on any atom is 0.343 e. The molecule has 0 radical (unpaired) electrons. The predicted octanol–water partition coefficient (Wildman–Crippen LogP) is 2.01. The highest BCUT2D eigenvalue weighted by atomic mass is 35.5. The van der Waals surface area contributed by atoms with Crippen LogP contribution < -0.4 is 5.73 Å².